The summed E-state index contributed by atoms with van der Waals surface area (Å²) in [6, 6.07) is 8.47. The van der Waals surface area contributed by atoms with Gasteiger partial charge in [-0.1, -0.05) is 12.5 Å². The van der Waals surface area contributed by atoms with Crippen LogP contribution in [0.3, 0.4) is 0 Å². The summed E-state index contributed by atoms with van der Waals surface area (Å²) in [5.74, 6) is 0. The first-order valence-electron chi connectivity index (χ1n) is 7.37. The van der Waals surface area contributed by atoms with E-state index in [0.29, 0.717) is 11.6 Å². The Hall–Kier alpha value is -1.42. The van der Waals surface area contributed by atoms with Gasteiger partial charge in [-0.2, -0.15) is 5.26 Å². The molecule has 2 heterocycles. The molecule has 1 N–H and O–H groups in total. The highest BCUT2D eigenvalue weighted by atomic mass is 32.2. The van der Waals surface area contributed by atoms with Gasteiger partial charge in [-0.3, -0.25) is 4.90 Å². The molecule has 0 unspecified atom stereocenters. The maximum Gasteiger partial charge on any atom is 0.240 e. The molecular formula is C15H19N3O2S. The van der Waals surface area contributed by atoms with Crippen molar-refractivity contribution in [2.24, 2.45) is 0 Å². The Labute approximate surface area is 125 Å². The lowest BCUT2D eigenvalue weighted by Crippen LogP contribution is -2.46. The molecule has 0 spiro atoms. The Bertz CT molecular complexity index is 666. The largest absolute Gasteiger partial charge is 0.299 e. The Morgan fingerprint density at radius 3 is 2.90 bits per heavy atom. The van der Waals surface area contributed by atoms with Crippen LogP contribution in [0, 0.1) is 11.3 Å². The molecule has 6 heteroatoms. The van der Waals surface area contributed by atoms with Crippen LogP contribution in [0.15, 0.2) is 29.2 Å². The molecule has 0 aromatic heterocycles. The summed E-state index contributed by atoms with van der Waals surface area (Å²) >= 11 is 0. The summed E-state index contributed by atoms with van der Waals surface area (Å²) < 4.78 is 27.8. The second-order valence-corrected chi connectivity index (χ2v) is 7.47. The third-order valence-electron chi connectivity index (χ3n) is 4.44. The van der Waals surface area contributed by atoms with E-state index in [9.17, 15) is 8.42 Å². The predicted octanol–water partition coefficient (Wildman–Crippen LogP) is 1.46. The molecule has 0 amide bonds. The molecule has 3 rings (SSSR count). The highest BCUT2D eigenvalue weighted by Crippen LogP contribution is 2.28. The molecule has 0 aliphatic carbocycles. The summed E-state index contributed by atoms with van der Waals surface area (Å²) in [6.07, 6.45) is 4.30. The van der Waals surface area contributed by atoms with Crippen LogP contribution in [0.5, 0.6) is 0 Å². The Kier molecular flexibility index (Phi) is 3.98. The van der Waals surface area contributed by atoms with E-state index in [0.717, 1.165) is 25.9 Å². The standard InChI is InChI=1S/C15H19N3O2S/c16-11-12-4-3-5-13(10-12)21(19,20)17-14-7-9-18-8-2-1-6-15(14)18/h3-5,10,14-15,17H,1-2,6-9H2/t14-,15+/m0/s1. The van der Waals surface area contributed by atoms with Crippen molar-refractivity contribution < 1.29 is 8.42 Å². The van der Waals surface area contributed by atoms with Gasteiger partial charge in [0.05, 0.1) is 16.5 Å². The fourth-order valence-corrected chi connectivity index (χ4v) is 4.73. The normalized spacial score (nSPS) is 26.2. The van der Waals surface area contributed by atoms with Crippen molar-refractivity contribution in [2.75, 3.05) is 13.1 Å². The van der Waals surface area contributed by atoms with Gasteiger partial charge in [-0.15, -0.1) is 0 Å². The van der Waals surface area contributed by atoms with Gasteiger partial charge in [0.1, 0.15) is 0 Å². The first kappa shape index (κ1) is 14.5. The Morgan fingerprint density at radius 1 is 1.24 bits per heavy atom. The maximum absolute atomic E-state index is 12.5. The lowest BCUT2D eigenvalue weighted by atomic mass is 10.00. The monoisotopic (exact) mass is 305 g/mol. The van der Waals surface area contributed by atoms with Gasteiger partial charge in [-0.25, -0.2) is 13.1 Å². The van der Waals surface area contributed by atoms with Crippen LogP contribution in [-0.4, -0.2) is 38.5 Å². The van der Waals surface area contributed by atoms with E-state index in [1.54, 1.807) is 12.1 Å². The van der Waals surface area contributed by atoms with Crippen molar-refractivity contribution in [3.63, 3.8) is 0 Å². The Balaban J connectivity index is 1.78. The van der Waals surface area contributed by atoms with Crippen LogP contribution in [0.25, 0.3) is 0 Å². The van der Waals surface area contributed by atoms with Gasteiger partial charge in [0.15, 0.2) is 0 Å². The second-order valence-electron chi connectivity index (χ2n) is 5.76. The van der Waals surface area contributed by atoms with E-state index in [-0.39, 0.29) is 10.9 Å². The van der Waals surface area contributed by atoms with E-state index in [1.165, 1.54) is 25.0 Å². The maximum atomic E-state index is 12.5. The van der Waals surface area contributed by atoms with Crippen LogP contribution < -0.4 is 4.72 Å². The molecule has 5 nitrogen and oxygen atoms in total. The minimum Gasteiger partial charge on any atom is -0.299 e. The van der Waals surface area contributed by atoms with E-state index < -0.39 is 10.0 Å². The number of hydrogen-bond acceptors (Lipinski definition) is 4. The molecule has 112 valence electrons. The van der Waals surface area contributed by atoms with Crippen molar-refractivity contribution in [2.45, 2.75) is 42.7 Å². The molecule has 2 aliphatic rings. The lowest BCUT2D eigenvalue weighted by Gasteiger charge is -2.32. The molecule has 21 heavy (non-hydrogen) atoms. The Morgan fingerprint density at radius 2 is 2.10 bits per heavy atom. The minimum absolute atomic E-state index is 0.0129. The number of rotatable bonds is 3. The fraction of sp³-hybridized carbons (Fsp3) is 0.533. The van der Waals surface area contributed by atoms with Gasteiger partial charge < -0.3 is 0 Å². The first-order chi connectivity index (χ1) is 10.1. The van der Waals surface area contributed by atoms with E-state index in [1.807, 2.05) is 6.07 Å². The van der Waals surface area contributed by atoms with Gasteiger partial charge in [-0.05, 0) is 44.0 Å². The van der Waals surface area contributed by atoms with Crippen molar-refractivity contribution in [1.29, 1.82) is 5.26 Å². The zero-order chi connectivity index (χ0) is 14.9. The highest BCUT2D eigenvalue weighted by molar-refractivity contribution is 7.89. The summed E-state index contributed by atoms with van der Waals surface area (Å²) in [6.45, 7) is 2.04. The number of hydrogen-bond donors (Lipinski definition) is 1. The van der Waals surface area contributed by atoms with Crippen LogP contribution in [0.2, 0.25) is 0 Å². The van der Waals surface area contributed by atoms with Gasteiger partial charge in [0.2, 0.25) is 10.0 Å². The fourth-order valence-electron chi connectivity index (χ4n) is 3.38. The van der Waals surface area contributed by atoms with E-state index in [2.05, 4.69) is 9.62 Å². The van der Waals surface area contributed by atoms with Crippen LogP contribution >= 0.6 is 0 Å². The summed E-state index contributed by atoms with van der Waals surface area (Å²) in [5.41, 5.74) is 0.364. The molecule has 1 aromatic rings. The number of sulfonamides is 1. The second kappa shape index (κ2) is 5.76. The molecule has 2 fully saturated rings. The zero-order valence-electron chi connectivity index (χ0n) is 11.8. The highest BCUT2D eigenvalue weighted by Gasteiger charge is 2.37. The number of fused-ring (bicyclic) bond motifs is 1. The molecular weight excluding hydrogens is 286 g/mol. The lowest BCUT2D eigenvalue weighted by molar-refractivity contribution is 0.186. The molecule has 0 saturated carbocycles. The molecule has 1 aromatic carbocycles. The summed E-state index contributed by atoms with van der Waals surface area (Å²) in [5, 5.41) is 8.89. The predicted molar refractivity (Wildman–Crippen MR) is 79.1 cm³/mol. The van der Waals surface area contributed by atoms with E-state index >= 15 is 0 Å². The number of nitrogens with one attached hydrogen (secondary N) is 1. The number of piperidine rings is 1. The van der Waals surface area contributed by atoms with Crippen LogP contribution in [-0.2, 0) is 10.0 Å². The van der Waals surface area contributed by atoms with E-state index in [4.69, 9.17) is 5.26 Å². The molecule has 0 radical (unpaired) electrons. The van der Waals surface area contributed by atoms with Crippen molar-refractivity contribution in [3.8, 4) is 6.07 Å². The molecule has 2 aliphatic heterocycles. The van der Waals surface area contributed by atoms with Gasteiger partial charge in [0.25, 0.3) is 0 Å². The summed E-state index contributed by atoms with van der Waals surface area (Å²) in [4.78, 5) is 2.57. The number of nitriles is 1. The van der Waals surface area contributed by atoms with Crippen molar-refractivity contribution >= 4 is 10.0 Å². The van der Waals surface area contributed by atoms with Crippen molar-refractivity contribution in [1.82, 2.24) is 9.62 Å². The smallest absolute Gasteiger partial charge is 0.240 e. The van der Waals surface area contributed by atoms with Crippen molar-refractivity contribution in [3.05, 3.63) is 29.8 Å². The molecule has 2 saturated heterocycles. The number of benzene rings is 1. The average Bonchev–Trinajstić information content (AvgIpc) is 2.90. The average molecular weight is 305 g/mol. The third kappa shape index (κ3) is 2.95. The van der Waals surface area contributed by atoms with Gasteiger partial charge in [0, 0.05) is 18.6 Å². The topological polar surface area (TPSA) is 73.2 Å². The summed E-state index contributed by atoms with van der Waals surface area (Å²) in [7, 11) is -3.55. The number of nitrogens with zero attached hydrogens (tertiary/aromatic N) is 2. The molecule has 0 bridgehead atoms. The SMILES string of the molecule is N#Cc1cccc(S(=O)(=O)N[C@H]2CCN3CCCC[C@H]23)c1. The van der Waals surface area contributed by atoms with Gasteiger partial charge >= 0.3 is 0 Å². The zero-order valence-corrected chi connectivity index (χ0v) is 12.6. The first-order valence-corrected chi connectivity index (χ1v) is 8.85. The quantitative estimate of drug-likeness (QED) is 0.917. The molecule has 2 atom stereocenters. The minimum atomic E-state index is -3.55. The van der Waals surface area contributed by atoms with Crippen LogP contribution in [0.1, 0.15) is 31.2 Å². The van der Waals surface area contributed by atoms with Crippen LogP contribution in [0.4, 0.5) is 0 Å². The third-order valence-corrected chi connectivity index (χ3v) is 5.92.